The molecule has 0 aliphatic carbocycles. The summed E-state index contributed by atoms with van der Waals surface area (Å²) in [5, 5.41) is 2.55. The fraction of sp³-hybridized carbons (Fsp3) is 0.150. The first kappa shape index (κ1) is 20.8. The van der Waals surface area contributed by atoms with Crippen molar-refractivity contribution in [3.8, 4) is 11.5 Å². The first-order valence-corrected chi connectivity index (χ1v) is 9.66. The van der Waals surface area contributed by atoms with Crippen LogP contribution in [0.3, 0.4) is 0 Å². The van der Waals surface area contributed by atoms with Gasteiger partial charge in [0.2, 0.25) is 5.91 Å². The van der Waals surface area contributed by atoms with E-state index >= 15 is 0 Å². The van der Waals surface area contributed by atoms with Gasteiger partial charge in [-0.25, -0.2) is 4.39 Å². The number of carbonyl (C=O) groups is 2. The Bertz CT molecular complexity index is 1010. The third kappa shape index (κ3) is 4.93. The molecule has 1 aliphatic rings. The molecule has 2 amide bonds. The topological polar surface area (TPSA) is 67.9 Å². The molecule has 150 valence electrons. The molecule has 0 spiro atoms. The van der Waals surface area contributed by atoms with Crippen molar-refractivity contribution in [1.29, 1.82) is 0 Å². The lowest BCUT2D eigenvalue weighted by atomic mass is 10.2. The number of halogens is 1. The normalized spacial score (nSPS) is 15.0. The Morgan fingerprint density at radius 3 is 2.66 bits per heavy atom. The summed E-state index contributed by atoms with van der Waals surface area (Å²) in [4.78, 5) is 26.5. The number of hydrogen-bond donors (Lipinski definition) is 1. The van der Waals surface area contributed by atoms with Gasteiger partial charge in [0.05, 0.1) is 19.1 Å². The molecule has 0 atom stereocenters. The number of anilines is 1. The predicted octanol–water partition coefficient (Wildman–Crippen LogP) is 3.68. The van der Waals surface area contributed by atoms with E-state index in [1.165, 1.54) is 37.3 Å². The molecule has 1 aliphatic heterocycles. The van der Waals surface area contributed by atoms with Crippen LogP contribution in [0.4, 0.5) is 10.1 Å². The first-order valence-electron chi connectivity index (χ1n) is 8.44. The number of ether oxygens (including phenoxy) is 2. The quantitative estimate of drug-likeness (QED) is 0.555. The highest BCUT2D eigenvalue weighted by atomic mass is 32.2. The summed E-state index contributed by atoms with van der Waals surface area (Å²) in [5.41, 5.74) is 1.04. The number of carbonyl (C=O) groups excluding carboxylic acids is 2. The minimum atomic E-state index is -0.473. The zero-order chi connectivity index (χ0) is 21.0. The van der Waals surface area contributed by atoms with Crippen LogP contribution in [-0.4, -0.2) is 41.8 Å². The van der Waals surface area contributed by atoms with E-state index in [0.29, 0.717) is 22.1 Å². The molecule has 0 unspecified atom stereocenters. The van der Waals surface area contributed by atoms with Gasteiger partial charge in [-0.15, -0.1) is 0 Å². The van der Waals surface area contributed by atoms with Crippen molar-refractivity contribution in [2.45, 2.75) is 0 Å². The molecule has 0 aromatic heterocycles. The second kappa shape index (κ2) is 9.06. The number of hydrogen-bond acceptors (Lipinski definition) is 6. The number of methoxy groups -OCH3 is 2. The van der Waals surface area contributed by atoms with Crippen LogP contribution in [0, 0.1) is 5.82 Å². The van der Waals surface area contributed by atoms with E-state index in [-0.39, 0.29) is 16.8 Å². The lowest BCUT2D eigenvalue weighted by Crippen LogP contribution is -2.36. The van der Waals surface area contributed by atoms with Crippen LogP contribution >= 0.6 is 24.0 Å². The van der Waals surface area contributed by atoms with Gasteiger partial charge in [-0.3, -0.25) is 14.5 Å². The lowest BCUT2D eigenvalue weighted by Gasteiger charge is -2.14. The monoisotopic (exact) mass is 432 g/mol. The molecule has 9 heteroatoms. The van der Waals surface area contributed by atoms with E-state index in [1.807, 2.05) is 0 Å². The van der Waals surface area contributed by atoms with Crippen molar-refractivity contribution in [2.24, 2.45) is 0 Å². The Labute approximate surface area is 176 Å². The van der Waals surface area contributed by atoms with Gasteiger partial charge in [-0.1, -0.05) is 36.1 Å². The van der Waals surface area contributed by atoms with Crippen LogP contribution in [0.2, 0.25) is 0 Å². The molecule has 3 rings (SSSR count). The third-order valence-electron chi connectivity index (χ3n) is 3.99. The van der Waals surface area contributed by atoms with Crippen molar-refractivity contribution in [3.05, 3.63) is 58.8 Å². The summed E-state index contributed by atoms with van der Waals surface area (Å²) in [6.07, 6.45) is 1.67. The van der Waals surface area contributed by atoms with E-state index in [9.17, 15) is 14.0 Å². The molecule has 1 N–H and O–H groups in total. The van der Waals surface area contributed by atoms with Crippen LogP contribution < -0.4 is 14.8 Å². The van der Waals surface area contributed by atoms with Gasteiger partial charge >= 0.3 is 0 Å². The summed E-state index contributed by atoms with van der Waals surface area (Å²) >= 11 is 6.35. The van der Waals surface area contributed by atoms with Gasteiger partial charge in [0.1, 0.15) is 16.7 Å². The highest BCUT2D eigenvalue weighted by Crippen LogP contribution is 2.34. The van der Waals surface area contributed by atoms with Crippen LogP contribution in [0.15, 0.2) is 47.4 Å². The fourth-order valence-corrected chi connectivity index (χ4v) is 3.90. The van der Waals surface area contributed by atoms with Gasteiger partial charge < -0.3 is 14.8 Å². The third-order valence-corrected chi connectivity index (χ3v) is 5.37. The van der Waals surface area contributed by atoms with Gasteiger partial charge in [-0.2, -0.15) is 0 Å². The molecule has 1 heterocycles. The average molecular weight is 432 g/mol. The molecule has 6 nitrogen and oxygen atoms in total. The molecule has 2 aromatic carbocycles. The van der Waals surface area contributed by atoms with Crippen molar-refractivity contribution in [1.82, 2.24) is 4.90 Å². The largest absolute Gasteiger partial charge is 0.493 e. The highest BCUT2D eigenvalue weighted by molar-refractivity contribution is 8.26. The van der Waals surface area contributed by atoms with Crippen molar-refractivity contribution >= 4 is 51.9 Å². The van der Waals surface area contributed by atoms with Crippen LogP contribution in [0.25, 0.3) is 6.08 Å². The van der Waals surface area contributed by atoms with Crippen molar-refractivity contribution < 1.29 is 23.5 Å². The number of thioether (sulfide) groups is 1. The smallest absolute Gasteiger partial charge is 0.266 e. The standard InChI is InChI=1S/C20H17FN2O4S2/c1-26-15-7-6-12(8-16(15)27-2)9-17-19(25)23(20(28)29-17)11-18(24)22-14-5-3-4-13(21)10-14/h3-10H,11H2,1-2H3,(H,22,24)/b17-9-. The molecule has 0 radical (unpaired) electrons. The summed E-state index contributed by atoms with van der Waals surface area (Å²) < 4.78 is 24.0. The molecule has 0 saturated carbocycles. The number of amides is 2. The van der Waals surface area contributed by atoms with E-state index in [0.717, 1.165) is 17.3 Å². The molecule has 2 aromatic rings. The Hall–Kier alpha value is -2.91. The summed E-state index contributed by atoms with van der Waals surface area (Å²) in [6, 6.07) is 10.8. The number of benzene rings is 2. The number of nitrogens with one attached hydrogen (secondary N) is 1. The molecule has 1 saturated heterocycles. The number of rotatable bonds is 6. The van der Waals surface area contributed by atoms with Crippen LogP contribution in [0.1, 0.15) is 5.56 Å². The summed E-state index contributed by atoms with van der Waals surface area (Å²) in [5.74, 6) is -0.202. The van der Waals surface area contributed by atoms with E-state index < -0.39 is 11.7 Å². The maximum atomic E-state index is 13.2. The van der Waals surface area contributed by atoms with E-state index in [1.54, 1.807) is 30.3 Å². The van der Waals surface area contributed by atoms with Gasteiger partial charge in [0, 0.05) is 5.69 Å². The molecule has 1 fully saturated rings. The predicted molar refractivity (Wildman–Crippen MR) is 114 cm³/mol. The SMILES string of the molecule is COc1ccc(/C=C2\SC(=S)N(CC(=O)Nc3cccc(F)c3)C2=O)cc1OC. The van der Waals surface area contributed by atoms with Crippen LogP contribution in [-0.2, 0) is 9.59 Å². The minimum absolute atomic E-state index is 0.259. The van der Waals surface area contributed by atoms with Crippen molar-refractivity contribution in [3.63, 3.8) is 0 Å². The maximum Gasteiger partial charge on any atom is 0.266 e. The molecular formula is C20H17FN2O4S2. The Morgan fingerprint density at radius 1 is 1.21 bits per heavy atom. The molecule has 29 heavy (non-hydrogen) atoms. The second-order valence-electron chi connectivity index (χ2n) is 5.94. The van der Waals surface area contributed by atoms with Crippen molar-refractivity contribution in [2.75, 3.05) is 26.1 Å². The van der Waals surface area contributed by atoms with Gasteiger partial charge in [-0.05, 0) is 42.0 Å². The lowest BCUT2D eigenvalue weighted by molar-refractivity contribution is -0.126. The summed E-state index contributed by atoms with van der Waals surface area (Å²) in [6.45, 7) is -0.259. The van der Waals surface area contributed by atoms with Crippen LogP contribution in [0.5, 0.6) is 11.5 Å². The maximum absolute atomic E-state index is 13.2. The molecular weight excluding hydrogens is 415 g/mol. The van der Waals surface area contributed by atoms with Gasteiger partial charge in [0.25, 0.3) is 5.91 Å². The minimum Gasteiger partial charge on any atom is -0.493 e. The summed E-state index contributed by atoms with van der Waals surface area (Å²) in [7, 11) is 3.07. The Kier molecular flexibility index (Phi) is 6.50. The first-order chi connectivity index (χ1) is 13.9. The second-order valence-corrected chi connectivity index (χ2v) is 7.62. The Morgan fingerprint density at radius 2 is 1.97 bits per heavy atom. The fourth-order valence-electron chi connectivity index (χ4n) is 2.64. The zero-order valence-electron chi connectivity index (χ0n) is 15.6. The zero-order valence-corrected chi connectivity index (χ0v) is 17.2. The molecule has 0 bridgehead atoms. The average Bonchev–Trinajstić information content (AvgIpc) is 2.95. The van der Waals surface area contributed by atoms with Gasteiger partial charge in [0.15, 0.2) is 11.5 Å². The van der Waals surface area contributed by atoms with E-state index in [4.69, 9.17) is 21.7 Å². The number of nitrogens with zero attached hydrogens (tertiary/aromatic N) is 1. The van der Waals surface area contributed by atoms with E-state index in [2.05, 4.69) is 5.32 Å². The highest BCUT2D eigenvalue weighted by Gasteiger charge is 2.33. The number of thiocarbonyl (C=S) groups is 1. The Balaban J connectivity index is 1.72.